The van der Waals surface area contributed by atoms with Crippen LogP contribution in [0.15, 0.2) is 279 Å². The second-order valence-electron chi connectivity index (χ2n) is 18.9. The van der Waals surface area contributed by atoms with Gasteiger partial charge in [-0.15, -0.1) is 11.3 Å². The zero-order valence-corrected chi connectivity index (χ0v) is 40.7. The van der Waals surface area contributed by atoms with Crippen molar-refractivity contribution in [3.63, 3.8) is 0 Å². The largest absolute Gasteiger partial charge is 0.311 e. The number of rotatable bonds is 9. The molecular weight excluding hydrogens is 901 g/mol. The molecule has 0 saturated carbocycles. The van der Waals surface area contributed by atoms with E-state index in [2.05, 4.69) is 289 Å². The average Bonchev–Trinajstić information content (AvgIpc) is 4.02. The molecule has 3 heteroatoms. The van der Waals surface area contributed by atoms with Crippen LogP contribution in [0, 0.1) is 0 Å². The SMILES string of the molecule is c1cc(-c2ccc(N(c3ccc(-c4ccc(-c5ccccc5-n5c6ccccc6c6ccccc65)cc4)cc3)c3ccc(-c4ccc5c(c4)sc4ccccc45)cc3)cc2)cc(-c2ccc3ccccc3c2)c1. The fourth-order valence-electron chi connectivity index (χ4n) is 10.9. The van der Waals surface area contributed by atoms with E-state index in [9.17, 15) is 0 Å². The highest BCUT2D eigenvalue weighted by Gasteiger charge is 2.17. The van der Waals surface area contributed by atoms with E-state index in [-0.39, 0.29) is 0 Å². The van der Waals surface area contributed by atoms with Gasteiger partial charge in [0.1, 0.15) is 0 Å². The van der Waals surface area contributed by atoms with Crippen molar-refractivity contribution in [2.24, 2.45) is 0 Å². The molecule has 342 valence electrons. The Labute approximate surface area is 428 Å². The summed E-state index contributed by atoms with van der Waals surface area (Å²) < 4.78 is 5.05. The number of thiophene rings is 1. The summed E-state index contributed by atoms with van der Waals surface area (Å²) in [6.45, 7) is 0. The van der Waals surface area contributed by atoms with Gasteiger partial charge in [-0.05, 0) is 140 Å². The second kappa shape index (κ2) is 17.8. The fourth-order valence-corrected chi connectivity index (χ4v) is 12.1. The molecule has 0 saturated heterocycles. The van der Waals surface area contributed by atoms with Gasteiger partial charge in [-0.3, -0.25) is 0 Å². The highest BCUT2D eigenvalue weighted by atomic mass is 32.1. The molecule has 0 radical (unpaired) electrons. The Morgan fingerprint density at radius 2 is 0.699 bits per heavy atom. The molecule has 2 nitrogen and oxygen atoms in total. The molecule has 0 unspecified atom stereocenters. The first-order valence-corrected chi connectivity index (χ1v) is 25.8. The van der Waals surface area contributed by atoms with Crippen molar-refractivity contribution in [1.82, 2.24) is 4.57 Å². The van der Waals surface area contributed by atoms with Gasteiger partial charge in [0.15, 0.2) is 0 Å². The molecule has 0 aliphatic carbocycles. The Bertz CT molecular complexity index is 4300. The van der Waals surface area contributed by atoms with Crippen molar-refractivity contribution in [2.45, 2.75) is 0 Å². The van der Waals surface area contributed by atoms with Crippen LogP contribution in [0.5, 0.6) is 0 Å². The molecule has 0 spiro atoms. The number of benzene rings is 12. The summed E-state index contributed by atoms with van der Waals surface area (Å²) in [6.07, 6.45) is 0. The molecule has 0 amide bonds. The standard InChI is InChI=1S/C70H46N2S/c1-2-13-53-45-56(29-26-47(53)12-1)55-15-11-14-54(44-55)50-32-39-59(40-33-50)71(60-41-34-51(35-42-60)57-36-43-65-64-19-6-10-23-69(64)73-70(65)46-57)58-37-30-49(31-38-58)48-24-27-52(28-25-48)61-16-3-7-20-66(61)72-67-21-8-4-17-62(67)63-18-5-9-22-68(63)72/h1-46H. The van der Waals surface area contributed by atoms with Crippen LogP contribution in [0.25, 0.3) is 114 Å². The number of hydrogen-bond donors (Lipinski definition) is 0. The van der Waals surface area contributed by atoms with E-state index in [0.717, 1.165) is 17.1 Å². The van der Waals surface area contributed by atoms with Crippen molar-refractivity contribution >= 4 is 81.1 Å². The Kier molecular flexibility index (Phi) is 10.4. The Morgan fingerprint density at radius 1 is 0.260 bits per heavy atom. The number of anilines is 3. The molecule has 12 aromatic carbocycles. The minimum absolute atomic E-state index is 1.09. The molecule has 0 N–H and O–H groups in total. The molecule has 2 aromatic heterocycles. The van der Waals surface area contributed by atoms with Gasteiger partial charge >= 0.3 is 0 Å². The van der Waals surface area contributed by atoms with E-state index in [1.54, 1.807) is 0 Å². The normalized spacial score (nSPS) is 11.6. The van der Waals surface area contributed by atoms with Gasteiger partial charge in [-0.25, -0.2) is 0 Å². The molecule has 2 heterocycles. The molecule has 0 aliphatic rings. The highest BCUT2D eigenvalue weighted by Crippen LogP contribution is 2.42. The molecule has 14 rings (SSSR count). The quantitative estimate of drug-likeness (QED) is 0.140. The van der Waals surface area contributed by atoms with Crippen LogP contribution in [0.1, 0.15) is 0 Å². The maximum absolute atomic E-state index is 2.41. The lowest BCUT2D eigenvalue weighted by Gasteiger charge is -2.26. The van der Waals surface area contributed by atoms with Crippen molar-refractivity contribution in [1.29, 1.82) is 0 Å². The van der Waals surface area contributed by atoms with E-state index in [0.29, 0.717) is 0 Å². The van der Waals surface area contributed by atoms with Gasteiger partial charge in [-0.2, -0.15) is 0 Å². The van der Waals surface area contributed by atoms with Gasteiger partial charge in [0.25, 0.3) is 0 Å². The second-order valence-corrected chi connectivity index (χ2v) is 20.0. The topological polar surface area (TPSA) is 8.17 Å². The molecule has 14 aromatic rings. The van der Waals surface area contributed by atoms with Crippen LogP contribution in [0.4, 0.5) is 17.1 Å². The van der Waals surface area contributed by atoms with Crippen LogP contribution >= 0.6 is 11.3 Å². The number of hydrogen-bond acceptors (Lipinski definition) is 2. The number of nitrogens with zero attached hydrogens (tertiary/aromatic N) is 2. The Hall–Kier alpha value is -9.28. The molecule has 0 fully saturated rings. The van der Waals surface area contributed by atoms with Crippen molar-refractivity contribution in [3.05, 3.63) is 279 Å². The van der Waals surface area contributed by atoms with E-state index in [1.165, 1.54) is 114 Å². The first kappa shape index (κ1) is 42.6. The number of fused-ring (bicyclic) bond motifs is 7. The summed E-state index contributed by atoms with van der Waals surface area (Å²) in [6, 6.07) is 102. The monoisotopic (exact) mass is 946 g/mol. The highest BCUT2D eigenvalue weighted by molar-refractivity contribution is 7.25. The van der Waals surface area contributed by atoms with Gasteiger partial charge < -0.3 is 9.47 Å². The van der Waals surface area contributed by atoms with Crippen LogP contribution < -0.4 is 4.90 Å². The van der Waals surface area contributed by atoms with E-state index >= 15 is 0 Å². The van der Waals surface area contributed by atoms with E-state index in [4.69, 9.17) is 0 Å². The van der Waals surface area contributed by atoms with Crippen LogP contribution in [0.3, 0.4) is 0 Å². The Balaban J connectivity index is 0.793. The molecular formula is C70H46N2S. The fraction of sp³-hybridized carbons (Fsp3) is 0. The van der Waals surface area contributed by atoms with Crippen molar-refractivity contribution < 1.29 is 0 Å². The average molecular weight is 947 g/mol. The third kappa shape index (κ3) is 7.66. The van der Waals surface area contributed by atoms with E-state index in [1.807, 2.05) is 11.3 Å². The van der Waals surface area contributed by atoms with Gasteiger partial charge in [0.05, 0.1) is 16.7 Å². The summed E-state index contributed by atoms with van der Waals surface area (Å²) in [4.78, 5) is 2.37. The zero-order valence-electron chi connectivity index (χ0n) is 39.9. The predicted molar refractivity (Wildman–Crippen MR) is 313 cm³/mol. The third-order valence-corrected chi connectivity index (χ3v) is 15.8. The third-order valence-electron chi connectivity index (χ3n) is 14.6. The van der Waals surface area contributed by atoms with Crippen molar-refractivity contribution in [3.8, 4) is 61.3 Å². The molecule has 73 heavy (non-hydrogen) atoms. The van der Waals surface area contributed by atoms with E-state index < -0.39 is 0 Å². The summed E-state index contributed by atoms with van der Waals surface area (Å²) in [5, 5.41) is 7.67. The lowest BCUT2D eigenvalue weighted by molar-refractivity contribution is 1.18. The summed E-state index contributed by atoms with van der Waals surface area (Å²) in [7, 11) is 0. The predicted octanol–water partition coefficient (Wildman–Crippen LogP) is 20.1. The molecule has 0 atom stereocenters. The Morgan fingerprint density at radius 3 is 1.36 bits per heavy atom. The first-order chi connectivity index (χ1) is 36.2. The number of aromatic nitrogens is 1. The minimum Gasteiger partial charge on any atom is -0.311 e. The first-order valence-electron chi connectivity index (χ1n) is 25.0. The lowest BCUT2D eigenvalue weighted by Crippen LogP contribution is -2.09. The number of para-hydroxylation sites is 3. The maximum Gasteiger partial charge on any atom is 0.0541 e. The molecule has 0 bridgehead atoms. The van der Waals surface area contributed by atoms with Crippen LogP contribution in [-0.4, -0.2) is 4.57 Å². The smallest absolute Gasteiger partial charge is 0.0541 e. The van der Waals surface area contributed by atoms with Crippen molar-refractivity contribution in [2.75, 3.05) is 4.90 Å². The summed E-state index contributed by atoms with van der Waals surface area (Å²) in [5.74, 6) is 0. The lowest BCUT2D eigenvalue weighted by atomic mass is 9.97. The zero-order chi connectivity index (χ0) is 48.2. The van der Waals surface area contributed by atoms with Crippen LogP contribution in [-0.2, 0) is 0 Å². The van der Waals surface area contributed by atoms with Gasteiger partial charge in [-0.1, -0.05) is 200 Å². The summed E-state index contributed by atoms with van der Waals surface area (Å²) in [5.41, 5.74) is 18.8. The van der Waals surface area contributed by atoms with Gasteiger partial charge in [0.2, 0.25) is 0 Å². The van der Waals surface area contributed by atoms with Gasteiger partial charge in [0, 0.05) is 53.6 Å². The summed E-state index contributed by atoms with van der Waals surface area (Å²) >= 11 is 1.86. The minimum atomic E-state index is 1.09. The van der Waals surface area contributed by atoms with Crippen LogP contribution in [0.2, 0.25) is 0 Å². The molecule has 0 aliphatic heterocycles. The maximum atomic E-state index is 2.41.